The molecule has 0 radical (unpaired) electrons. The maximum Gasteiger partial charge on any atom is 0.122 e. The highest BCUT2D eigenvalue weighted by Crippen LogP contribution is 2.27. The summed E-state index contributed by atoms with van der Waals surface area (Å²) in [5.74, 6) is 1.27. The molecular formula is C24H38O. The van der Waals surface area contributed by atoms with E-state index < -0.39 is 0 Å². The number of hydrogen-bond acceptors (Lipinski definition) is 1. The Labute approximate surface area is 155 Å². The van der Waals surface area contributed by atoms with Crippen LogP contribution < -0.4 is 0 Å². The molecule has 0 heterocycles. The quantitative estimate of drug-likeness (QED) is 0.281. The van der Waals surface area contributed by atoms with Crippen LogP contribution in [-0.2, 0) is 19.3 Å². The first kappa shape index (κ1) is 21.5. The van der Waals surface area contributed by atoms with Crippen LogP contribution >= 0.6 is 0 Å². The lowest BCUT2D eigenvalue weighted by Crippen LogP contribution is -1.95. The number of rotatable bonds is 14. The summed E-state index contributed by atoms with van der Waals surface area (Å²) in [6.45, 7) is 12.2. The van der Waals surface area contributed by atoms with E-state index >= 15 is 0 Å². The molecule has 1 aromatic carbocycles. The highest BCUT2D eigenvalue weighted by atomic mass is 16.3. The molecule has 25 heavy (non-hydrogen) atoms. The maximum atomic E-state index is 10.3. The summed E-state index contributed by atoms with van der Waals surface area (Å²) in [7, 11) is 0. The molecule has 0 fully saturated rings. The average molecular weight is 343 g/mol. The zero-order chi connectivity index (χ0) is 18.5. The van der Waals surface area contributed by atoms with Crippen LogP contribution in [0, 0.1) is 5.92 Å². The molecule has 0 aliphatic heterocycles. The lowest BCUT2D eigenvalue weighted by molar-refractivity contribution is 0.463. The molecule has 0 saturated heterocycles. The van der Waals surface area contributed by atoms with Crippen molar-refractivity contribution >= 4 is 0 Å². The van der Waals surface area contributed by atoms with Crippen LogP contribution in [0.1, 0.15) is 81.9 Å². The van der Waals surface area contributed by atoms with Crippen LogP contribution in [0.25, 0.3) is 0 Å². The first-order chi connectivity index (χ1) is 12.1. The molecule has 0 spiro atoms. The average Bonchev–Trinajstić information content (AvgIpc) is 2.57. The Morgan fingerprint density at radius 1 is 0.840 bits per heavy atom. The van der Waals surface area contributed by atoms with Gasteiger partial charge in [0.1, 0.15) is 5.75 Å². The van der Waals surface area contributed by atoms with Gasteiger partial charge in [-0.2, -0.15) is 0 Å². The van der Waals surface area contributed by atoms with Crippen molar-refractivity contribution in [2.75, 3.05) is 0 Å². The fourth-order valence-corrected chi connectivity index (χ4v) is 3.36. The Bertz CT molecular complexity index is 482. The third kappa shape index (κ3) is 8.95. The van der Waals surface area contributed by atoms with Gasteiger partial charge in [-0.1, -0.05) is 83.1 Å². The van der Waals surface area contributed by atoms with Crippen LogP contribution in [0.4, 0.5) is 0 Å². The molecule has 1 heteroatoms. The van der Waals surface area contributed by atoms with Gasteiger partial charge in [-0.15, -0.1) is 13.2 Å². The SMILES string of the molecule is C=CCc1cc(CCCCCCCCCC(C)C)cc(CC=C)c1O. The normalized spacial score (nSPS) is 11.0. The van der Waals surface area contributed by atoms with Gasteiger partial charge in [0.25, 0.3) is 0 Å². The summed E-state index contributed by atoms with van der Waals surface area (Å²) in [6.07, 6.45) is 17.1. The van der Waals surface area contributed by atoms with Gasteiger partial charge in [0.05, 0.1) is 0 Å². The smallest absolute Gasteiger partial charge is 0.122 e. The Kier molecular flexibility index (Phi) is 11.0. The Hall–Kier alpha value is -1.50. The molecular weight excluding hydrogens is 304 g/mol. The van der Waals surface area contributed by atoms with Crippen molar-refractivity contribution < 1.29 is 5.11 Å². The molecule has 0 amide bonds. The molecule has 0 bridgehead atoms. The summed E-state index contributed by atoms with van der Waals surface area (Å²) >= 11 is 0. The zero-order valence-electron chi connectivity index (χ0n) is 16.5. The van der Waals surface area contributed by atoms with Crippen LogP contribution in [-0.4, -0.2) is 5.11 Å². The number of hydrogen-bond donors (Lipinski definition) is 1. The van der Waals surface area contributed by atoms with E-state index in [4.69, 9.17) is 0 Å². The number of benzene rings is 1. The predicted octanol–water partition coefficient (Wildman–Crippen LogP) is 7.17. The minimum absolute atomic E-state index is 0.421. The van der Waals surface area contributed by atoms with E-state index in [-0.39, 0.29) is 0 Å². The number of unbranched alkanes of at least 4 members (excludes halogenated alkanes) is 6. The standard InChI is InChI=1S/C24H38O/c1-5-14-22-18-21(19-23(15-6-2)24(22)25)17-13-11-9-7-8-10-12-16-20(3)4/h5-6,18-20,25H,1-2,7-17H2,3-4H3. The molecule has 140 valence electrons. The predicted molar refractivity (Wildman–Crippen MR) is 111 cm³/mol. The highest BCUT2D eigenvalue weighted by Gasteiger charge is 2.08. The van der Waals surface area contributed by atoms with Crippen molar-refractivity contribution in [1.82, 2.24) is 0 Å². The lowest BCUT2D eigenvalue weighted by Gasteiger charge is -2.11. The van der Waals surface area contributed by atoms with Crippen molar-refractivity contribution in [3.8, 4) is 5.75 Å². The van der Waals surface area contributed by atoms with Gasteiger partial charge in [0.15, 0.2) is 0 Å². The molecule has 1 rings (SSSR count). The van der Waals surface area contributed by atoms with Crippen LogP contribution in [0.5, 0.6) is 5.75 Å². The summed E-state index contributed by atoms with van der Waals surface area (Å²) in [5, 5.41) is 10.3. The van der Waals surface area contributed by atoms with Gasteiger partial charge in [-0.3, -0.25) is 0 Å². The van der Waals surface area contributed by atoms with Gasteiger partial charge >= 0.3 is 0 Å². The van der Waals surface area contributed by atoms with E-state index in [2.05, 4.69) is 39.1 Å². The molecule has 1 N–H and O–H groups in total. The molecule has 0 unspecified atom stereocenters. The number of aryl methyl sites for hydroxylation is 1. The lowest BCUT2D eigenvalue weighted by atomic mass is 9.96. The molecule has 1 nitrogen and oxygen atoms in total. The van der Waals surface area contributed by atoms with Crippen molar-refractivity contribution in [2.24, 2.45) is 5.92 Å². The topological polar surface area (TPSA) is 20.2 Å². The largest absolute Gasteiger partial charge is 0.507 e. The highest BCUT2D eigenvalue weighted by molar-refractivity contribution is 5.45. The van der Waals surface area contributed by atoms with E-state index in [0.717, 1.165) is 36.3 Å². The van der Waals surface area contributed by atoms with Crippen molar-refractivity contribution in [1.29, 1.82) is 0 Å². The van der Waals surface area contributed by atoms with E-state index in [0.29, 0.717) is 5.75 Å². The molecule has 0 aromatic heterocycles. The first-order valence-corrected chi connectivity index (χ1v) is 10.1. The summed E-state index contributed by atoms with van der Waals surface area (Å²) in [4.78, 5) is 0. The minimum Gasteiger partial charge on any atom is -0.507 e. The fourth-order valence-electron chi connectivity index (χ4n) is 3.36. The molecule has 0 atom stereocenters. The monoisotopic (exact) mass is 342 g/mol. The molecule has 0 saturated carbocycles. The fraction of sp³-hybridized carbons (Fsp3) is 0.583. The molecule has 0 aliphatic rings. The summed E-state index contributed by atoms with van der Waals surface area (Å²) in [6, 6.07) is 4.30. The van der Waals surface area contributed by atoms with Gasteiger partial charge in [0.2, 0.25) is 0 Å². The van der Waals surface area contributed by atoms with Gasteiger partial charge in [-0.05, 0) is 48.3 Å². The number of phenolic OH excluding ortho intramolecular Hbond substituents is 1. The first-order valence-electron chi connectivity index (χ1n) is 10.1. The van der Waals surface area contributed by atoms with Gasteiger partial charge < -0.3 is 5.11 Å². The van der Waals surface area contributed by atoms with E-state index in [1.54, 1.807) is 0 Å². The Morgan fingerprint density at radius 3 is 1.80 bits per heavy atom. The number of aromatic hydroxyl groups is 1. The van der Waals surface area contributed by atoms with Crippen molar-refractivity contribution in [2.45, 2.75) is 84.5 Å². The Balaban J connectivity index is 2.34. The summed E-state index contributed by atoms with van der Waals surface area (Å²) < 4.78 is 0. The van der Waals surface area contributed by atoms with Gasteiger partial charge in [0, 0.05) is 0 Å². The Morgan fingerprint density at radius 2 is 1.32 bits per heavy atom. The van der Waals surface area contributed by atoms with Crippen LogP contribution in [0.15, 0.2) is 37.4 Å². The van der Waals surface area contributed by atoms with E-state index in [1.165, 1.54) is 56.9 Å². The number of allylic oxidation sites excluding steroid dienone is 2. The molecule has 0 aliphatic carbocycles. The second kappa shape index (κ2) is 12.8. The minimum atomic E-state index is 0.421. The third-order valence-electron chi connectivity index (χ3n) is 4.80. The third-order valence-corrected chi connectivity index (χ3v) is 4.80. The van der Waals surface area contributed by atoms with Crippen molar-refractivity contribution in [3.63, 3.8) is 0 Å². The van der Waals surface area contributed by atoms with Crippen LogP contribution in [0.2, 0.25) is 0 Å². The summed E-state index contributed by atoms with van der Waals surface area (Å²) in [5.41, 5.74) is 3.33. The van der Waals surface area contributed by atoms with E-state index in [1.807, 2.05) is 12.2 Å². The number of phenols is 1. The van der Waals surface area contributed by atoms with Gasteiger partial charge in [-0.25, -0.2) is 0 Å². The van der Waals surface area contributed by atoms with Crippen molar-refractivity contribution in [3.05, 3.63) is 54.1 Å². The maximum absolute atomic E-state index is 10.3. The van der Waals surface area contributed by atoms with E-state index in [9.17, 15) is 5.11 Å². The second-order valence-corrected chi connectivity index (χ2v) is 7.66. The molecule has 1 aromatic rings. The second-order valence-electron chi connectivity index (χ2n) is 7.66. The zero-order valence-corrected chi connectivity index (χ0v) is 16.5. The van der Waals surface area contributed by atoms with Crippen LogP contribution in [0.3, 0.4) is 0 Å².